The van der Waals surface area contributed by atoms with E-state index in [1.54, 1.807) is 23.3 Å². The number of carbonyl (C=O) groups is 2. The van der Waals surface area contributed by atoms with Gasteiger partial charge in [0.1, 0.15) is 6.61 Å². The van der Waals surface area contributed by atoms with Crippen molar-refractivity contribution in [1.29, 1.82) is 0 Å². The molecule has 29 heavy (non-hydrogen) atoms. The molecule has 0 radical (unpaired) electrons. The molecule has 0 aliphatic carbocycles. The molecular weight excluding hydrogens is 388 g/mol. The van der Waals surface area contributed by atoms with Crippen molar-refractivity contribution in [3.05, 3.63) is 57.8 Å². The van der Waals surface area contributed by atoms with Gasteiger partial charge in [0.25, 0.3) is 0 Å². The molecule has 0 spiro atoms. The highest BCUT2D eigenvalue weighted by Gasteiger charge is 2.22. The monoisotopic (exact) mass is 418 g/mol. The van der Waals surface area contributed by atoms with Crippen molar-refractivity contribution in [1.82, 2.24) is 9.80 Å². The van der Waals surface area contributed by atoms with Crippen LogP contribution in [-0.2, 0) is 32.2 Å². The SMILES string of the molecule is COCCCN(CC(=O)N(Cc1ccccc1)Cc1sccc1C)C(=O)COC. The first-order chi connectivity index (χ1) is 14.0. The second kappa shape index (κ2) is 12.4. The highest BCUT2D eigenvalue weighted by Crippen LogP contribution is 2.19. The van der Waals surface area contributed by atoms with E-state index >= 15 is 0 Å². The van der Waals surface area contributed by atoms with Gasteiger partial charge in [-0.05, 0) is 35.9 Å². The summed E-state index contributed by atoms with van der Waals surface area (Å²) in [4.78, 5) is 30.2. The molecule has 1 heterocycles. The van der Waals surface area contributed by atoms with Gasteiger partial charge in [-0.3, -0.25) is 9.59 Å². The summed E-state index contributed by atoms with van der Waals surface area (Å²) < 4.78 is 10.1. The van der Waals surface area contributed by atoms with Gasteiger partial charge in [-0.15, -0.1) is 11.3 Å². The predicted molar refractivity (Wildman–Crippen MR) is 115 cm³/mol. The summed E-state index contributed by atoms with van der Waals surface area (Å²) in [5.41, 5.74) is 2.23. The number of nitrogens with zero attached hydrogens (tertiary/aromatic N) is 2. The van der Waals surface area contributed by atoms with Crippen molar-refractivity contribution < 1.29 is 19.1 Å². The predicted octanol–water partition coefficient (Wildman–Crippen LogP) is 3.10. The Morgan fingerprint density at radius 2 is 1.72 bits per heavy atom. The minimum Gasteiger partial charge on any atom is -0.385 e. The molecule has 0 fully saturated rings. The number of benzene rings is 1. The highest BCUT2D eigenvalue weighted by atomic mass is 32.1. The van der Waals surface area contributed by atoms with Gasteiger partial charge in [0.05, 0.1) is 13.1 Å². The van der Waals surface area contributed by atoms with Gasteiger partial charge in [0.2, 0.25) is 11.8 Å². The molecular formula is C22H30N2O4S. The summed E-state index contributed by atoms with van der Waals surface area (Å²) in [7, 11) is 3.10. The summed E-state index contributed by atoms with van der Waals surface area (Å²) in [5, 5.41) is 2.04. The molecule has 0 atom stereocenters. The number of amides is 2. The quantitative estimate of drug-likeness (QED) is 0.497. The lowest BCUT2D eigenvalue weighted by Gasteiger charge is -2.28. The van der Waals surface area contributed by atoms with Crippen LogP contribution in [0.5, 0.6) is 0 Å². The summed E-state index contributed by atoms with van der Waals surface area (Å²) in [6.45, 7) is 4.07. The average molecular weight is 419 g/mol. The average Bonchev–Trinajstić information content (AvgIpc) is 3.12. The zero-order chi connectivity index (χ0) is 21.1. The Hall–Kier alpha value is -2.22. The minimum atomic E-state index is -0.191. The summed E-state index contributed by atoms with van der Waals surface area (Å²) in [6, 6.07) is 12.0. The molecule has 0 unspecified atom stereocenters. The molecule has 0 aliphatic rings. The van der Waals surface area contributed by atoms with E-state index < -0.39 is 0 Å². The lowest BCUT2D eigenvalue weighted by molar-refractivity contribution is -0.143. The number of methoxy groups -OCH3 is 2. The molecule has 2 rings (SSSR count). The van der Waals surface area contributed by atoms with Gasteiger partial charge in [-0.1, -0.05) is 30.3 Å². The number of aryl methyl sites for hydroxylation is 1. The van der Waals surface area contributed by atoms with E-state index in [4.69, 9.17) is 9.47 Å². The van der Waals surface area contributed by atoms with Gasteiger partial charge in [-0.2, -0.15) is 0 Å². The topological polar surface area (TPSA) is 59.1 Å². The van der Waals surface area contributed by atoms with Gasteiger partial charge >= 0.3 is 0 Å². The van der Waals surface area contributed by atoms with Crippen LogP contribution in [0.1, 0.15) is 22.4 Å². The van der Waals surface area contributed by atoms with Gasteiger partial charge in [0.15, 0.2) is 0 Å². The van der Waals surface area contributed by atoms with Crippen LogP contribution < -0.4 is 0 Å². The first kappa shape index (κ1) is 23.1. The largest absolute Gasteiger partial charge is 0.385 e. The third-order valence-corrected chi connectivity index (χ3v) is 5.60. The smallest absolute Gasteiger partial charge is 0.249 e. The Morgan fingerprint density at radius 1 is 0.966 bits per heavy atom. The van der Waals surface area contributed by atoms with Crippen LogP contribution in [0.4, 0.5) is 0 Å². The molecule has 1 aromatic heterocycles. The lowest BCUT2D eigenvalue weighted by atomic mass is 10.2. The van der Waals surface area contributed by atoms with Crippen molar-refractivity contribution in [2.45, 2.75) is 26.4 Å². The standard InChI is InChI=1S/C22H30N2O4S/c1-18-10-13-29-20(18)15-24(14-19-8-5-4-6-9-19)21(25)16-23(11-7-12-27-2)22(26)17-28-3/h4-6,8-10,13H,7,11-12,14-17H2,1-3H3. The Morgan fingerprint density at radius 3 is 2.34 bits per heavy atom. The molecule has 0 bridgehead atoms. The van der Waals surface area contributed by atoms with Crippen molar-refractivity contribution in [2.75, 3.05) is 40.5 Å². The maximum atomic E-state index is 13.2. The third kappa shape index (κ3) is 7.61. The van der Waals surface area contributed by atoms with Crippen LogP contribution in [0.25, 0.3) is 0 Å². The number of carbonyl (C=O) groups excluding carboxylic acids is 2. The molecule has 0 saturated carbocycles. The molecule has 158 valence electrons. The van der Waals surface area contributed by atoms with Gasteiger partial charge in [-0.25, -0.2) is 0 Å². The van der Waals surface area contributed by atoms with Crippen molar-refractivity contribution >= 4 is 23.2 Å². The van der Waals surface area contributed by atoms with E-state index in [-0.39, 0.29) is 25.0 Å². The maximum Gasteiger partial charge on any atom is 0.249 e. The zero-order valence-corrected chi connectivity index (χ0v) is 18.2. The lowest BCUT2D eigenvalue weighted by Crippen LogP contribution is -2.44. The number of rotatable bonds is 12. The molecule has 2 aromatic rings. The van der Waals surface area contributed by atoms with Crippen molar-refractivity contribution in [3.63, 3.8) is 0 Å². The van der Waals surface area contributed by atoms with E-state index in [9.17, 15) is 9.59 Å². The third-order valence-electron chi connectivity index (χ3n) is 4.59. The molecule has 6 nitrogen and oxygen atoms in total. The Labute approximate surface area is 177 Å². The number of hydrogen-bond acceptors (Lipinski definition) is 5. The normalized spacial score (nSPS) is 10.7. The molecule has 1 aromatic carbocycles. The molecule has 7 heteroatoms. The van der Waals surface area contributed by atoms with Crippen LogP contribution >= 0.6 is 11.3 Å². The fourth-order valence-electron chi connectivity index (χ4n) is 2.95. The van der Waals surface area contributed by atoms with Gasteiger partial charge < -0.3 is 19.3 Å². The summed E-state index contributed by atoms with van der Waals surface area (Å²) in [6.07, 6.45) is 0.669. The van der Waals surface area contributed by atoms with E-state index in [0.717, 1.165) is 10.4 Å². The fraction of sp³-hybridized carbons (Fsp3) is 0.455. The molecule has 0 N–H and O–H groups in total. The second-order valence-corrected chi connectivity index (χ2v) is 7.86. The molecule has 2 amide bonds. The minimum absolute atomic E-state index is 0.0309. The number of hydrogen-bond donors (Lipinski definition) is 0. The Kier molecular flexibility index (Phi) is 9.83. The summed E-state index contributed by atoms with van der Waals surface area (Å²) >= 11 is 1.65. The van der Waals surface area contributed by atoms with E-state index in [1.807, 2.05) is 40.6 Å². The van der Waals surface area contributed by atoms with Crippen molar-refractivity contribution in [2.24, 2.45) is 0 Å². The van der Waals surface area contributed by atoms with Crippen LogP contribution in [0.3, 0.4) is 0 Å². The fourth-order valence-corrected chi connectivity index (χ4v) is 3.87. The van der Waals surface area contributed by atoms with E-state index in [2.05, 4.69) is 13.0 Å². The van der Waals surface area contributed by atoms with E-state index in [0.29, 0.717) is 32.7 Å². The summed E-state index contributed by atoms with van der Waals surface area (Å²) in [5.74, 6) is -0.271. The molecule has 0 saturated heterocycles. The molecule has 0 aliphatic heterocycles. The maximum absolute atomic E-state index is 13.2. The van der Waals surface area contributed by atoms with Crippen LogP contribution in [0.2, 0.25) is 0 Å². The van der Waals surface area contributed by atoms with Crippen LogP contribution in [0.15, 0.2) is 41.8 Å². The van der Waals surface area contributed by atoms with Gasteiger partial charge in [0, 0.05) is 38.8 Å². The first-order valence-corrected chi connectivity index (χ1v) is 10.5. The van der Waals surface area contributed by atoms with E-state index in [1.165, 1.54) is 12.7 Å². The first-order valence-electron chi connectivity index (χ1n) is 9.65. The van der Waals surface area contributed by atoms with Crippen LogP contribution in [0, 0.1) is 6.92 Å². The van der Waals surface area contributed by atoms with Crippen molar-refractivity contribution in [3.8, 4) is 0 Å². The van der Waals surface area contributed by atoms with Crippen LogP contribution in [-0.4, -0.2) is 62.1 Å². The Balaban J connectivity index is 2.14. The zero-order valence-electron chi connectivity index (χ0n) is 17.4. The number of thiophene rings is 1. The highest BCUT2D eigenvalue weighted by molar-refractivity contribution is 7.10. The Bertz CT molecular complexity index is 763. The second-order valence-electron chi connectivity index (χ2n) is 6.86. The number of ether oxygens (including phenoxy) is 2.